The minimum absolute atomic E-state index is 0.113. The zero-order valence-electron chi connectivity index (χ0n) is 24.4. The second kappa shape index (κ2) is 12.0. The van der Waals surface area contributed by atoms with Crippen LogP contribution in [0, 0.1) is 0 Å². The molecule has 1 fully saturated rings. The zero-order valence-corrected chi connectivity index (χ0v) is 24.4. The smallest absolute Gasteiger partial charge is 0.410 e. The quantitative estimate of drug-likeness (QED) is 0.314. The van der Waals surface area contributed by atoms with Gasteiger partial charge < -0.3 is 24.1 Å². The van der Waals surface area contributed by atoms with E-state index in [2.05, 4.69) is 28.9 Å². The number of rotatable bonds is 10. The van der Waals surface area contributed by atoms with E-state index in [1.165, 1.54) is 15.8 Å². The summed E-state index contributed by atoms with van der Waals surface area (Å²) in [6.07, 6.45) is 0.572. The van der Waals surface area contributed by atoms with E-state index in [4.69, 9.17) is 14.2 Å². The second-order valence-corrected chi connectivity index (χ2v) is 12.3. The van der Waals surface area contributed by atoms with Gasteiger partial charge in [-0.1, -0.05) is 30.3 Å². The van der Waals surface area contributed by atoms with Crippen LogP contribution in [0.25, 0.3) is 10.9 Å². The molecule has 1 saturated heterocycles. The van der Waals surface area contributed by atoms with Gasteiger partial charge in [-0.25, -0.2) is 9.18 Å². The van der Waals surface area contributed by atoms with Gasteiger partial charge >= 0.3 is 6.09 Å². The van der Waals surface area contributed by atoms with Crippen LogP contribution in [0.1, 0.15) is 57.0 Å². The number of halogens is 2. The van der Waals surface area contributed by atoms with Crippen LogP contribution in [0.3, 0.4) is 0 Å². The molecule has 5 rings (SSSR count). The van der Waals surface area contributed by atoms with E-state index >= 15 is 4.39 Å². The molecule has 0 spiro atoms. The molecule has 2 atom stereocenters. The number of para-hydroxylation sites is 1. The number of benzene rings is 2. The highest BCUT2D eigenvalue weighted by atomic mass is 19.1. The van der Waals surface area contributed by atoms with E-state index in [0.29, 0.717) is 5.75 Å². The standard InChI is InChI=1S/C32H41F2N3O4/c1-22-17-26-25-11-5-6-12-27(25)35-28(26)29(37(22)19-32(34)20-39-21-32)23-9-7-10-24(18-23)40-16-15-36(14-8-13-33)30(38)41-31(2,3)4/h5-7,9-12,18,22,29,35H,8,13-17,19-21H2,1-4H3/t22-,29-/m1/s1. The molecule has 0 radical (unpaired) electrons. The maximum atomic E-state index is 15.4. The van der Waals surface area contributed by atoms with Crippen molar-refractivity contribution in [1.29, 1.82) is 0 Å². The van der Waals surface area contributed by atoms with E-state index in [1.54, 1.807) is 20.8 Å². The summed E-state index contributed by atoms with van der Waals surface area (Å²) in [7, 11) is 0. The van der Waals surface area contributed by atoms with Gasteiger partial charge in [0.15, 0.2) is 5.67 Å². The maximum absolute atomic E-state index is 15.4. The molecule has 2 aliphatic heterocycles. The predicted molar refractivity (Wildman–Crippen MR) is 155 cm³/mol. The van der Waals surface area contributed by atoms with Crippen LogP contribution >= 0.6 is 0 Å². The molecule has 3 aromatic rings. The van der Waals surface area contributed by atoms with Gasteiger partial charge in [0, 0.05) is 35.7 Å². The first kappa shape index (κ1) is 29.3. The lowest BCUT2D eigenvalue weighted by molar-refractivity contribution is -0.147. The maximum Gasteiger partial charge on any atom is 0.410 e. The van der Waals surface area contributed by atoms with Gasteiger partial charge in [0.1, 0.15) is 18.0 Å². The highest BCUT2D eigenvalue weighted by molar-refractivity contribution is 5.85. The summed E-state index contributed by atoms with van der Waals surface area (Å²) in [5, 5.41) is 1.20. The highest BCUT2D eigenvalue weighted by Gasteiger charge is 2.45. The van der Waals surface area contributed by atoms with E-state index in [9.17, 15) is 9.18 Å². The van der Waals surface area contributed by atoms with Gasteiger partial charge in [0.2, 0.25) is 0 Å². The monoisotopic (exact) mass is 569 g/mol. The number of hydrogen-bond donors (Lipinski definition) is 1. The Morgan fingerprint density at radius 2 is 1.95 bits per heavy atom. The number of aromatic amines is 1. The molecule has 3 heterocycles. The summed E-state index contributed by atoms with van der Waals surface area (Å²) in [5.74, 6) is 0.648. The zero-order chi connectivity index (χ0) is 29.2. The van der Waals surface area contributed by atoms with Crippen LogP contribution in [0.5, 0.6) is 5.75 Å². The van der Waals surface area contributed by atoms with Crippen LogP contribution in [-0.2, 0) is 15.9 Å². The number of hydrogen-bond acceptors (Lipinski definition) is 5. The van der Waals surface area contributed by atoms with Gasteiger partial charge in [-0.05, 0) is 69.9 Å². The van der Waals surface area contributed by atoms with Gasteiger partial charge in [-0.3, -0.25) is 9.29 Å². The number of nitrogens with zero attached hydrogens (tertiary/aromatic N) is 2. The number of H-pyrrole nitrogens is 1. The van der Waals surface area contributed by atoms with Crippen LogP contribution in [0.4, 0.5) is 13.6 Å². The van der Waals surface area contributed by atoms with Crippen molar-refractivity contribution >= 4 is 17.0 Å². The minimum atomic E-state index is -1.37. The average molecular weight is 570 g/mol. The Kier molecular flexibility index (Phi) is 8.57. The third-order valence-electron chi connectivity index (χ3n) is 7.72. The van der Waals surface area contributed by atoms with E-state index in [1.807, 2.05) is 36.4 Å². The molecule has 9 heteroatoms. The summed E-state index contributed by atoms with van der Waals surface area (Å²) >= 11 is 0. The van der Waals surface area contributed by atoms with Gasteiger partial charge in [-0.2, -0.15) is 0 Å². The molecule has 2 aliphatic rings. The van der Waals surface area contributed by atoms with Gasteiger partial charge in [0.25, 0.3) is 0 Å². The Labute approximate surface area is 240 Å². The first-order chi connectivity index (χ1) is 19.6. The van der Waals surface area contributed by atoms with Crippen LogP contribution < -0.4 is 4.74 Å². The summed E-state index contributed by atoms with van der Waals surface area (Å²) in [5.41, 5.74) is 2.39. The topological polar surface area (TPSA) is 67.0 Å². The summed E-state index contributed by atoms with van der Waals surface area (Å²) in [6, 6.07) is 16.1. The first-order valence-electron chi connectivity index (χ1n) is 14.5. The number of nitrogens with one attached hydrogen (secondary N) is 1. The van der Waals surface area contributed by atoms with Gasteiger partial charge in [-0.15, -0.1) is 0 Å². The molecule has 0 saturated carbocycles. The SMILES string of the molecule is C[C@@H]1Cc2c([nH]c3ccccc23)[C@@H](c2cccc(OCCN(CCCF)C(=O)OC(C)(C)C)c2)N1CC1(F)COC1. The van der Waals surface area contributed by atoms with Crippen molar-refractivity contribution in [2.24, 2.45) is 0 Å². The van der Waals surface area contributed by atoms with Crippen molar-refractivity contribution in [1.82, 2.24) is 14.8 Å². The number of carbonyl (C=O) groups is 1. The normalized spacial score (nSPS) is 20.3. The fourth-order valence-corrected chi connectivity index (χ4v) is 5.77. The van der Waals surface area contributed by atoms with Crippen molar-refractivity contribution in [2.75, 3.05) is 46.1 Å². The Hall–Kier alpha value is -3.17. The number of ether oxygens (including phenoxy) is 3. The number of carbonyl (C=O) groups excluding carboxylic acids is 1. The van der Waals surface area contributed by atoms with Crippen molar-refractivity contribution in [2.45, 2.75) is 63.9 Å². The molecule has 1 N–H and O–H groups in total. The molecule has 0 aliphatic carbocycles. The number of amides is 1. The van der Waals surface area contributed by atoms with Crippen molar-refractivity contribution in [3.05, 3.63) is 65.4 Å². The van der Waals surface area contributed by atoms with Crippen molar-refractivity contribution in [3.8, 4) is 5.75 Å². The molecule has 0 unspecified atom stereocenters. The van der Waals surface area contributed by atoms with Crippen LogP contribution in [0.2, 0.25) is 0 Å². The Bertz CT molecular complexity index is 1350. The Morgan fingerprint density at radius 1 is 1.17 bits per heavy atom. The van der Waals surface area contributed by atoms with E-state index in [0.717, 1.165) is 23.2 Å². The Balaban J connectivity index is 1.38. The molecule has 1 aromatic heterocycles. The first-order valence-corrected chi connectivity index (χ1v) is 14.5. The van der Waals surface area contributed by atoms with Crippen molar-refractivity contribution in [3.63, 3.8) is 0 Å². The lowest BCUT2D eigenvalue weighted by Crippen LogP contribution is -2.57. The fourth-order valence-electron chi connectivity index (χ4n) is 5.77. The Morgan fingerprint density at radius 3 is 2.66 bits per heavy atom. The lowest BCUT2D eigenvalue weighted by atomic mass is 9.87. The van der Waals surface area contributed by atoms with Crippen molar-refractivity contribution < 1.29 is 27.8 Å². The van der Waals surface area contributed by atoms with Gasteiger partial charge in [0.05, 0.1) is 32.5 Å². The lowest BCUT2D eigenvalue weighted by Gasteiger charge is -2.46. The number of alkyl halides is 2. The van der Waals surface area contributed by atoms with Crippen LogP contribution in [0.15, 0.2) is 48.5 Å². The summed E-state index contributed by atoms with van der Waals surface area (Å²) in [4.78, 5) is 20.0. The largest absolute Gasteiger partial charge is 0.492 e. The molecule has 222 valence electrons. The molecular weight excluding hydrogens is 528 g/mol. The molecule has 41 heavy (non-hydrogen) atoms. The summed E-state index contributed by atoms with van der Waals surface area (Å²) < 4.78 is 45.2. The average Bonchev–Trinajstić information content (AvgIpc) is 3.27. The molecule has 2 aromatic carbocycles. The number of aromatic nitrogens is 1. The molecule has 1 amide bonds. The molecule has 7 nitrogen and oxygen atoms in total. The third-order valence-corrected chi connectivity index (χ3v) is 7.72. The highest BCUT2D eigenvalue weighted by Crippen LogP contribution is 2.43. The number of fused-ring (bicyclic) bond motifs is 3. The van der Waals surface area contributed by atoms with E-state index < -0.39 is 24.0 Å². The van der Waals surface area contributed by atoms with E-state index in [-0.39, 0.29) is 58.0 Å². The molecular formula is C32H41F2N3O4. The second-order valence-electron chi connectivity index (χ2n) is 12.3. The molecule has 0 bridgehead atoms. The fraction of sp³-hybridized carbons (Fsp3) is 0.531. The van der Waals surface area contributed by atoms with Crippen LogP contribution in [-0.4, -0.2) is 84.3 Å². The minimum Gasteiger partial charge on any atom is -0.492 e. The summed E-state index contributed by atoms with van der Waals surface area (Å²) in [6.45, 7) is 8.30. The third kappa shape index (κ3) is 6.67. The predicted octanol–water partition coefficient (Wildman–Crippen LogP) is 6.22.